The molecule has 0 aromatic heterocycles. The maximum absolute atomic E-state index is 6.75. The molecule has 0 saturated carbocycles. The Kier molecular flexibility index (Phi) is 6.70. The Morgan fingerprint density at radius 2 is 1.35 bits per heavy atom. The average Bonchev–Trinajstić information content (AvgIpc) is 2.58. The minimum atomic E-state index is -0.214. The number of benzene rings is 2. The van der Waals surface area contributed by atoms with Crippen molar-refractivity contribution in [3.8, 4) is 5.75 Å². The second-order valence-electron chi connectivity index (χ2n) is 6.32. The van der Waals surface area contributed by atoms with E-state index >= 15 is 0 Å². The smallest absolute Gasteiger partial charge is 0.134 e. The van der Waals surface area contributed by atoms with E-state index in [1.165, 1.54) is 11.1 Å². The van der Waals surface area contributed by atoms with Crippen LogP contribution in [0.15, 0.2) is 54.6 Å². The van der Waals surface area contributed by atoms with Gasteiger partial charge in [0.15, 0.2) is 0 Å². The highest BCUT2D eigenvalue weighted by molar-refractivity contribution is 5.35. The molecule has 0 aliphatic carbocycles. The SMILES string of the molecule is CCCc1ccccc1OC(CCC)(CCC)c1ccccc1. The summed E-state index contributed by atoms with van der Waals surface area (Å²) in [5.74, 6) is 1.06. The quantitative estimate of drug-likeness (QED) is 0.512. The lowest BCUT2D eigenvalue weighted by molar-refractivity contribution is 0.0442. The van der Waals surface area contributed by atoms with Gasteiger partial charge in [-0.05, 0) is 36.5 Å². The lowest BCUT2D eigenvalue weighted by Crippen LogP contribution is -2.33. The summed E-state index contributed by atoms with van der Waals surface area (Å²) in [6.45, 7) is 6.71. The molecule has 0 N–H and O–H groups in total. The molecule has 0 unspecified atom stereocenters. The van der Waals surface area contributed by atoms with E-state index in [1.807, 2.05) is 0 Å². The van der Waals surface area contributed by atoms with Crippen LogP contribution in [0.25, 0.3) is 0 Å². The molecule has 0 amide bonds. The molecule has 2 aromatic rings. The van der Waals surface area contributed by atoms with Crippen molar-refractivity contribution in [3.63, 3.8) is 0 Å². The number of hydrogen-bond acceptors (Lipinski definition) is 1. The summed E-state index contributed by atoms with van der Waals surface area (Å²) in [4.78, 5) is 0. The van der Waals surface area contributed by atoms with Crippen LogP contribution in [-0.4, -0.2) is 0 Å². The van der Waals surface area contributed by atoms with Crippen LogP contribution in [0.3, 0.4) is 0 Å². The van der Waals surface area contributed by atoms with E-state index in [0.29, 0.717) is 0 Å². The molecule has 1 nitrogen and oxygen atoms in total. The Morgan fingerprint density at radius 3 is 1.96 bits per heavy atom. The predicted octanol–water partition coefficient (Wildman–Crippen LogP) is 6.51. The fraction of sp³-hybridized carbons (Fsp3) is 0.455. The van der Waals surface area contributed by atoms with Crippen molar-refractivity contribution in [1.82, 2.24) is 0 Å². The first-order valence-corrected chi connectivity index (χ1v) is 9.08. The summed E-state index contributed by atoms with van der Waals surface area (Å²) in [6.07, 6.45) is 6.53. The van der Waals surface area contributed by atoms with Gasteiger partial charge in [0.2, 0.25) is 0 Å². The molecule has 0 bridgehead atoms. The molecule has 0 spiro atoms. The molecule has 0 heterocycles. The van der Waals surface area contributed by atoms with Crippen LogP contribution in [0.1, 0.15) is 64.0 Å². The third-order valence-electron chi connectivity index (χ3n) is 4.40. The summed E-state index contributed by atoms with van der Waals surface area (Å²) >= 11 is 0. The summed E-state index contributed by atoms with van der Waals surface area (Å²) in [5, 5.41) is 0. The van der Waals surface area contributed by atoms with Crippen molar-refractivity contribution in [1.29, 1.82) is 0 Å². The maximum atomic E-state index is 6.75. The molecule has 0 radical (unpaired) electrons. The van der Waals surface area contributed by atoms with Gasteiger partial charge in [-0.25, -0.2) is 0 Å². The average molecular weight is 310 g/mol. The molecular formula is C22H30O. The summed E-state index contributed by atoms with van der Waals surface area (Å²) in [5.41, 5.74) is 2.41. The zero-order valence-electron chi connectivity index (χ0n) is 14.8. The highest BCUT2D eigenvalue weighted by Crippen LogP contribution is 2.38. The number of rotatable bonds is 9. The Bertz CT molecular complexity index is 568. The lowest BCUT2D eigenvalue weighted by Gasteiger charge is -2.36. The van der Waals surface area contributed by atoms with Gasteiger partial charge in [0.05, 0.1) is 0 Å². The minimum Gasteiger partial charge on any atom is -0.482 e. The molecule has 0 saturated heterocycles. The fourth-order valence-corrected chi connectivity index (χ4v) is 3.41. The standard InChI is InChI=1S/C22H30O/c1-4-12-19-13-10-11-16-21(19)23-22(17-5-2,18-6-3)20-14-8-7-9-15-20/h7-11,13-16H,4-6,12,17-18H2,1-3H3. The van der Waals surface area contributed by atoms with E-state index in [0.717, 1.165) is 44.3 Å². The predicted molar refractivity (Wildman–Crippen MR) is 99.0 cm³/mol. The number of aryl methyl sites for hydroxylation is 1. The van der Waals surface area contributed by atoms with Crippen molar-refractivity contribution < 1.29 is 4.74 Å². The highest BCUT2D eigenvalue weighted by Gasteiger charge is 2.33. The third kappa shape index (κ3) is 4.37. The minimum absolute atomic E-state index is 0.214. The number of hydrogen-bond donors (Lipinski definition) is 0. The van der Waals surface area contributed by atoms with Gasteiger partial charge >= 0.3 is 0 Å². The van der Waals surface area contributed by atoms with Crippen molar-refractivity contribution in [2.75, 3.05) is 0 Å². The normalized spacial score (nSPS) is 11.4. The maximum Gasteiger partial charge on any atom is 0.134 e. The van der Waals surface area contributed by atoms with E-state index in [-0.39, 0.29) is 5.60 Å². The lowest BCUT2D eigenvalue weighted by atomic mass is 9.84. The van der Waals surface area contributed by atoms with Crippen LogP contribution in [0, 0.1) is 0 Å². The Balaban J connectivity index is 2.42. The molecule has 0 aliphatic rings. The molecule has 0 aliphatic heterocycles. The third-order valence-corrected chi connectivity index (χ3v) is 4.40. The van der Waals surface area contributed by atoms with Crippen LogP contribution < -0.4 is 4.74 Å². The summed E-state index contributed by atoms with van der Waals surface area (Å²) in [7, 11) is 0. The molecular weight excluding hydrogens is 280 g/mol. The largest absolute Gasteiger partial charge is 0.482 e. The zero-order chi connectivity index (χ0) is 16.5. The van der Waals surface area contributed by atoms with E-state index in [4.69, 9.17) is 4.74 Å². The Hall–Kier alpha value is -1.76. The van der Waals surface area contributed by atoms with Crippen molar-refractivity contribution in [2.24, 2.45) is 0 Å². The van der Waals surface area contributed by atoms with Gasteiger partial charge in [-0.2, -0.15) is 0 Å². The number of para-hydroxylation sites is 1. The molecule has 0 fully saturated rings. The second kappa shape index (κ2) is 8.76. The van der Waals surface area contributed by atoms with Gasteiger partial charge in [0.25, 0.3) is 0 Å². The van der Waals surface area contributed by atoms with Crippen LogP contribution in [-0.2, 0) is 12.0 Å². The van der Waals surface area contributed by atoms with Crippen LogP contribution in [0.2, 0.25) is 0 Å². The van der Waals surface area contributed by atoms with Crippen molar-refractivity contribution >= 4 is 0 Å². The zero-order valence-corrected chi connectivity index (χ0v) is 14.8. The van der Waals surface area contributed by atoms with Crippen LogP contribution in [0.5, 0.6) is 5.75 Å². The monoisotopic (exact) mass is 310 g/mol. The van der Waals surface area contributed by atoms with Crippen molar-refractivity contribution in [2.45, 2.75) is 64.9 Å². The van der Waals surface area contributed by atoms with Gasteiger partial charge in [-0.1, -0.05) is 88.6 Å². The van der Waals surface area contributed by atoms with E-state index < -0.39 is 0 Å². The van der Waals surface area contributed by atoms with Gasteiger partial charge in [0, 0.05) is 0 Å². The molecule has 1 heteroatoms. The van der Waals surface area contributed by atoms with Crippen LogP contribution >= 0.6 is 0 Å². The van der Waals surface area contributed by atoms with Gasteiger partial charge in [-0.3, -0.25) is 0 Å². The van der Waals surface area contributed by atoms with Gasteiger partial charge in [0.1, 0.15) is 11.4 Å². The second-order valence-corrected chi connectivity index (χ2v) is 6.32. The Morgan fingerprint density at radius 1 is 0.739 bits per heavy atom. The van der Waals surface area contributed by atoms with Gasteiger partial charge in [-0.15, -0.1) is 0 Å². The molecule has 124 valence electrons. The Labute approximate surface area is 141 Å². The number of ether oxygens (including phenoxy) is 1. The fourth-order valence-electron chi connectivity index (χ4n) is 3.41. The molecule has 0 atom stereocenters. The van der Waals surface area contributed by atoms with Crippen molar-refractivity contribution in [3.05, 3.63) is 65.7 Å². The van der Waals surface area contributed by atoms with E-state index in [9.17, 15) is 0 Å². The first kappa shape index (κ1) is 17.6. The highest BCUT2D eigenvalue weighted by atomic mass is 16.5. The molecule has 2 aromatic carbocycles. The van der Waals surface area contributed by atoms with E-state index in [2.05, 4.69) is 75.4 Å². The summed E-state index contributed by atoms with van der Waals surface area (Å²) in [6, 6.07) is 19.3. The van der Waals surface area contributed by atoms with Gasteiger partial charge < -0.3 is 4.74 Å². The van der Waals surface area contributed by atoms with Crippen LogP contribution in [0.4, 0.5) is 0 Å². The topological polar surface area (TPSA) is 9.23 Å². The molecule has 23 heavy (non-hydrogen) atoms. The van der Waals surface area contributed by atoms with E-state index in [1.54, 1.807) is 0 Å². The first-order chi connectivity index (χ1) is 11.3. The first-order valence-electron chi connectivity index (χ1n) is 9.08. The molecule has 2 rings (SSSR count). The summed E-state index contributed by atoms with van der Waals surface area (Å²) < 4.78 is 6.75.